The summed E-state index contributed by atoms with van der Waals surface area (Å²) in [5.41, 5.74) is 1.03. The molecule has 0 saturated carbocycles. The number of aromatic nitrogens is 3. The van der Waals surface area contributed by atoms with Crippen LogP contribution in [-0.4, -0.2) is 15.0 Å². The summed E-state index contributed by atoms with van der Waals surface area (Å²) >= 11 is 1.50. The molecule has 0 amide bonds. The summed E-state index contributed by atoms with van der Waals surface area (Å²) in [6, 6.07) is 11.9. The second-order valence-corrected chi connectivity index (χ2v) is 4.94. The van der Waals surface area contributed by atoms with Gasteiger partial charge in [0.05, 0.1) is 5.39 Å². The van der Waals surface area contributed by atoms with Crippen molar-refractivity contribution < 1.29 is 0 Å². The van der Waals surface area contributed by atoms with Gasteiger partial charge in [0.1, 0.15) is 0 Å². The normalized spacial score (nSPS) is 10.9. The van der Waals surface area contributed by atoms with Gasteiger partial charge in [-0.1, -0.05) is 35.5 Å². The SMILES string of the molecule is CCn1nnc2sc(-c3ccccc3)cc2c1=O. The van der Waals surface area contributed by atoms with Crippen LogP contribution in [-0.2, 0) is 6.54 Å². The van der Waals surface area contributed by atoms with Crippen LogP contribution in [0.15, 0.2) is 41.2 Å². The number of aryl methyl sites for hydroxylation is 1. The summed E-state index contributed by atoms with van der Waals surface area (Å²) in [6.45, 7) is 2.42. The smallest absolute Gasteiger partial charge is 0.267 e. The summed E-state index contributed by atoms with van der Waals surface area (Å²) in [6.07, 6.45) is 0. The Labute approximate surface area is 108 Å². The first-order valence-corrected chi connectivity index (χ1v) is 6.54. The zero-order valence-corrected chi connectivity index (χ0v) is 10.6. The number of benzene rings is 1. The first-order valence-electron chi connectivity index (χ1n) is 5.72. The fourth-order valence-corrected chi connectivity index (χ4v) is 2.81. The molecule has 0 aliphatic rings. The van der Waals surface area contributed by atoms with Gasteiger partial charge in [0.25, 0.3) is 5.56 Å². The standard InChI is InChI=1S/C13H11N3OS/c1-2-16-13(17)10-8-11(18-12(10)14-15-16)9-6-4-3-5-7-9/h3-8H,2H2,1H3. The molecule has 0 bridgehead atoms. The molecule has 5 heteroatoms. The van der Waals surface area contributed by atoms with Crippen molar-refractivity contribution in [2.45, 2.75) is 13.5 Å². The van der Waals surface area contributed by atoms with Crippen LogP contribution in [0.5, 0.6) is 0 Å². The number of hydrogen-bond acceptors (Lipinski definition) is 4. The van der Waals surface area contributed by atoms with E-state index in [9.17, 15) is 4.79 Å². The number of thiophene rings is 1. The minimum Gasteiger partial charge on any atom is -0.267 e. The molecule has 3 rings (SSSR count). The molecule has 0 fully saturated rings. The lowest BCUT2D eigenvalue weighted by atomic mass is 10.2. The van der Waals surface area contributed by atoms with E-state index in [1.807, 2.05) is 43.3 Å². The minimum atomic E-state index is -0.0686. The van der Waals surface area contributed by atoms with Gasteiger partial charge in [-0.3, -0.25) is 4.79 Å². The van der Waals surface area contributed by atoms with Gasteiger partial charge in [0, 0.05) is 11.4 Å². The van der Waals surface area contributed by atoms with Crippen LogP contribution in [0.25, 0.3) is 20.7 Å². The lowest BCUT2D eigenvalue weighted by Crippen LogP contribution is -2.22. The van der Waals surface area contributed by atoms with Crippen molar-refractivity contribution in [3.05, 3.63) is 46.8 Å². The third-order valence-corrected chi connectivity index (χ3v) is 3.85. The maximum absolute atomic E-state index is 12.1. The van der Waals surface area contributed by atoms with Crippen molar-refractivity contribution in [2.24, 2.45) is 0 Å². The summed E-state index contributed by atoms with van der Waals surface area (Å²) in [5, 5.41) is 8.64. The van der Waals surface area contributed by atoms with E-state index in [-0.39, 0.29) is 5.56 Å². The highest BCUT2D eigenvalue weighted by Crippen LogP contribution is 2.30. The van der Waals surface area contributed by atoms with E-state index >= 15 is 0 Å². The van der Waals surface area contributed by atoms with Crippen molar-refractivity contribution in [1.82, 2.24) is 15.0 Å². The fraction of sp³-hybridized carbons (Fsp3) is 0.154. The highest BCUT2D eigenvalue weighted by Gasteiger charge is 2.10. The van der Waals surface area contributed by atoms with Gasteiger partial charge >= 0.3 is 0 Å². The van der Waals surface area contributed by atoms with Gasteiger partial charge in [0.15, 0.2) is 4.83 Å². The van der Waals surface area contributed by atoms with E-state index in [1.54, 1.807) is 0 Å². The van der Waals surface area contributed by atoms with Crippen LogP contribution >= 0.6 is 11.3 Å². The lowest BCUT2D eigenvalue weighted by molar-refractivity contribution is 0.582. The average Bonchev–Trinajstić information content (AvgIpc) is 2.85. The predicted octanol–water partition coefficient (Wildman–Crippen LogP) is 2.54. The molecular weight excluding hydrogens is 246 g/mol. The number of hydrogen-bond donors (Lipinski definition) is 0. The molecular formula is C13H11N3OS. The molecule has 0 spiro atoms. The molecule has 18 heavy (non-hydrogen) atoms. The van der Waals surface area contributed by atoms with Gasteiger partial charge in [-0.25, -0.2) is 4.68 Å². The Hall–Kier alpha value is -2.01. The Morgan fingerprint density at radius 1 is 1.28 bits per heavy atom. The Morgan fingerprint density at radius 2 is 2.06 bits per heavy atom. The van der Waals surface area contributed by atoms with Crippen molar-refractivity contribution >= 4 is 21.6 Å². The average molecular weight is 257 g/mol. The van der Waals surface area contributed by atoms with Crippen LogP contribution < -0.4 is 5.56 Å². The molecule has 1 aromatic carbocycles. The molecule has 0 saturated heterocycles. The molecule has 2 heterocycles. The molecule has 0 N–H and O–H groups in total. The van der Waals surface area contributed by atoms with E-state index in [0.29, 0.717) is 16.8 Å². The largest absolute Gasteiger partial charge is 0.278 e. The maximum atomic E-state index is 12.1. The highest BCUT2D eigenvalue weighted by molar-refractivity contribution is 7.21. The Kier molecular flexibility index (Phi) is 2.68. The van der Waals surface area contributed by atoms with Crippen molar-refractivity contribution in [2.75, 3.05) is 0 Å². The zero-order valence-electron chi connectivity index (χ0n) is 9.83. The Bertz CT molecular complexity index is 746. The molecule has 90 valence electrons. The van der Waals surface area contributed by atoms with Gasteiger partial charge in [0.2, 0.25) is 0 Å². The van der Waals surface area contributed by atoms with E-state index in [2.05, 4.69) is 10.3 Å². The number of nitrogens with zero attached hydrogens (tertiary/aromatic N) is 3. The van der Waals surface area contributed by atoms with Crippen molar-refractivity contribution in [3.8, 4) is 10.4 Å². The summed E-state index contributed by atoms with van der Waals surface area (Å²) in [4.78, 5) is 13.8. The third-order valence-electron chi connectivity index (χ3n) is 2.78. The van der Waals surface area contributed by atoms with Gasteiger partial charge in [-0.15, -0.1) is 16.4 Å². The van der Waals surface area contributed by atoms with Gasteiger partial charge < -0.3 is 0 Å². The van der Waals surface area contributed by atoms with E-state index < -0.39 is 0 Å². The van der Waals surface area contributed by atoms with Crippen molar-refractivity contribution in [3.63, 3.8) is 0 Å². The van der Waals surface area contributed by atoms with E-state index in [4.69, 9.17) is 0 Å². The number of fused-ring (bicyclic) bond motifs is 1. The minimum absolute atomic E-state index is 0.0686. The van der Waals surface area contributed by atoms with Gasteiger partial charge in [-0.2, -0.15) is 0 Å². The fourth-order valence-electron chi connectivity index (χ4n) is 1.83. The van der Waals surface area contributed by atoms with Crippen LogP contribution in [0.4, 0.5) is 0 Å². The molecule has 0 aliphatic heterocycles. The molecule has 0 unspecified atom stereocenters. The summed E-state index contributed by atoms with van der Waals surface area (Å²) < 4.78 is 1.38. The molecule has 0 radical (unpaired) electrons. The predicted molar refractivity (Wildman–Crippen MR) is 72.8 cm³/mol. The lowest BCUT2D eigenvalue weighted by Gasteiger charge is -1.96. The second kappa shape index (κ2) is 4.34. The topological polar surface area (TPSA) is 47.8 Å². The van der Waals surface area contributed by atoms with E-state index in [0.717, 1.165) is 10.4 Å². The highest BCUT2D eigenvalue weighted by atomic mass is 32.1. The maximum Gasteiger partial charge on any atom is 0.278 e. The van der Waals surface area contributed by atoms with E-state index in [1.165, 1.54) is 16.0 Å². The van der Waals surface area contributed by atoms with Crippen LogP contribution in [0.1, 0.15) is 6.92 Å². The Balaban J connectivity index is 2.24. The third kappa shape index (κ3) is 1.73. The van der Waals surface area contributed by atoms with Crippen LogP contribution in [0.2, 0.25) is 0 Å². The summed E-state index contributed by atoms with van der Waals surface area (Å²) in [5.74, 6) is 0. The Morgan fingerprint density at radius 3 is 2.78 bits per heavy atom. The summed E-state index contributed by atoms with van der Waals surface area (Å²) in [7, 11) is 0. The quantitative estimate of drug-likeness (QED) is 0.708. The zero-order chi connectivity index (χ0) is 12.5. The first-order chi connectivity index (χ1) is 8.79. The second-order valence-electron chi connectivity index (χ2n) is 3.91. The molecule has 2 aromatic heterocycles. The molecule has 0 aliphatic carbocycles. The van der Waals surface area contributed by atoms with Crippen LogP contribution in [0.3, 0.4) is 0 Å². The molecule has 0 atom stereocenters. The molecule has 4 nitrogen and oxygen atoms in total. The van der Waals surface area contributed by atoms with Crippen LogP contribution in [0, 0.1) is 0 Å². The first kappa shape index (κ1) is 11.1. The number of rotatable bonds is 2. The van der Waals surface area contributed by atoms with Crippen molar-refractivity contribution in [1.29, 1.82) is 0 Å². The van der Waals surface area contributed by atoms with Gasteiger partial charge in [-0.05, 0) is 18.6 Å². The monoisotopic (exact) mass is 257 g/mol. The molecule has 3 aromatic rings.